The average Bonchev–Trinajstić information content (AvgIpc) is 3.78. The second-order valence-electron chi connectivity index (χ2n) is 17.4. The zero-order chi connectivity index (χ0) is 35.3. The largest absolute Gasteiger partial charge is 1.00 e. The van der Waals surface area contributed by atoms with Crippen molar-refractivity contribution in [1.29, 1.82) is 0 Å². The molecule has 266 valence electrons. The third-order valence-corrected chi connectivity index (χ3v) is 21.3. The van der Waals surface area contributed by atoms with E-state index in [9.17, 15) is 0 Å². The summed E-state index contributed by atoms with van der Waals surface area (Å²) in [6.07, 6.45) is 9.95. The van der Waals surface area contributed by atoms with Crippen LogP contribution >= 0.6 is 0 Å². The summed E-state index contributed by atoms with van der Waals surface area (Å²) in [4.78, 5) is 0. The fraction of sp³-hybridized carbons (Fsp3) is 0.327. The maximum Gasteiger partial charge on any atom is -1.00 e. The number of halogens is 2. The fourth-order valence-corrected chi connectivity index (χ4v) is 19.4. The van der Waals surface area contributed by atoms with Crippen LogP contribution in [0.2, 0.25) is 0 Å². The predicted molar refractivity (Wildman–Crippen MR) is 212 cm³/mol. The van der Waals surface area contributed by atoms with Crippen molar-refractivity contribution in [2.45, 2.75) is 92.9 Å². The molecule has 1 unspecified atom stereocenters. The van der Waals surface area contributed by atoms with Crippen molar-refractivity contribution in [3.63, 3.8) is 0 Å². The summed E-state index contributed by atoms with van der Waals surface area (Å²) in [5.74, 6) is 0.486. The van der Waals surface area contributed by atoms with Crippen LogP contribution in [0.25, 0.3) is 22.3 Å². The van der Waals surface area contributed by atoms with Crippen molar-refractivity contribution in [3.05, 3.63) is 160 Å². The third kappa shape index (κ3) is 6.12. The second kappa shape index (κ2) is 13.8. The molecule has 0 bridgehead atoms. The van der Waals surface area contributed by atoms with Gasteiger partial charge in [0.25, 0.3) is 0 Å². The average molecular weight is 803 g/mol. The van der Waals surface area contributed by atoms with Gasteiger partial charge < -0.3 is 24.8 Å². The molecule has 0 heterocycles. The molecule has 3 heteroatoms. The van der Waals surface area contributed by atoms with Gasteiger partial charge in [0.05, 0.1) is 0 Å². The molecule has 1 atom stereocenters. The zero-order valence-electron chi connectivity index (χ0n) is 32.6. The van der Waals surface area contributed by atoms with Gasteiger partial charge in [-0.3, -0.25) is 0 Å². The van der Waals surface area contributed by atoms with E-state index in [4.69, 9.17) is 0 Å². The van der Waals surface area contributed by atoms with E-state index in [1.807, 2.05) is 0 Å². The Hall–Kier alpha value is -2.83. The third-order valence-electron chi connectivity index (χ3n) is 12.2. The maximum absolute atomic E-state index is 2.88. The van der Waals surface area contributed by atoms with Crippen LogP contribution in [-0.4, -0.2) is 3.21 Å². The molecular weight excluding hydrogens is 751 g/mol. The van der Waals surface area contributed by atoms with Crippen LogP contribution in [0.3, 0.4) is 0 Å². The summed E-state index contributed by atoms with van der Waals surface area (Å²) in [5, 5.41) is 0. The van der Waals surface area contributed by atoms with E-state index in [-0.39, 0.29) is 41.1 Å². The maximum atomic E-state index is 2.68. The van der Waals surface area contributed by atoms with Gasteiger partial charge in [-0.15, -0.1) is 0 Å². The van der Waals surface area contributed by atoms with Crippen LogP contribution in [-0.2, 0) is 38.5 Å². The van der Waals surface area contributed by atoms with E-state index < -0.39 is 21.3 Å². The topological polar surface area (TPSA) is 0 Å². The molecule has 0 N–H and O–H groups in total. The molecule has 0 radical (unpaired) electrons. The molecule has 0 saturated heterocycles. The number of rotatable bonds is 5. The van der Waals surface area contributed by atoms with Gasteiger partial charge in [0.2, 0.25) is 0 Å². The molecule has 0 spiro atoms. The van der Waals surface area contributed by atoms with Gasteiger partial charge in [-0.1, -0.05) is 0 Å². The smallest absolute Gasteiger partial charge is 1.00 e. The summed E-state index contributed by atoms with van der Waals surface area (Å²) in [6.45, 7) is 24.2. The van der Waals surface area contributed by atoms with Crippen LogP contribution in [0.5, 0.6) is 0 Å². The standard InChI is InChI=1S/C25H25.C13H10.C11H17.2ClH.Zr/c1-14-12-24(3,4)22-8-16-7-17-9-23-19(15(2)13-25(23,5)6)11-21(17)20(16)10-18(14)22;1-3-7-12(8-4-1)11-13-9-5-2-6-10-13;1-5-9-6-7-10(8-9)11(2,3)4;;;/h8-12H,7H2,1-6H3;1-10H;7-9H,5H2,1-4H3;2*1H;/q;;;;;+2/p-2. The second-order valence-corrected chi connectivity index (χ2v) is 23.1. The monoisotopic (exact) mass is 800 g/mol. The van der Waals surface area contributed by atoms with Crippen molar-refractivity contribution in [2.75, 3.05) is 0 Å². The first-order valence-electron chi connectivity index (χ1n) is 18.8. The molecule has 0 aromatic heterocycles. The Labute approximate surface area is 333 Å². The molecule has 4 aromatic carbocycles. The predicted octanol–water partition coefficient (Wildman–Crippen LogP) is 6.77. The first kappa shape index (κ1) is 38.9. The number of hydrogen-bond donors (Lipinski definition) is 0. The van der Waals surface area contributed by atoms with Crippen LogP contribution in [0.4, 0.5) is 0 Å². The van der Waals surface area contributed by atoms with Crippen molar-refractivity contribution >= 4 is 14.4 Å². The SMILES string of the molecule is CCC1C=C(C(C)(C)C)C=[C]1[Zr+2]([C]1=C(C)c2cc3c(cc2C1(C)C)Cc1cc2c(cc1-3)C(C)=CC2(C)C)=[C](c1ccccc1)c1ccccc1.[Cl-].[Cl-]. The van der Waals surface area contributed by atoms with Gasteiger partial charge in [-0.05, 0) is 0 Å². The van der Waals surface area contributed by atoms with Crippen molar-refractivity contribution in [3.8, 4) is 11.1 Å². The summed E-state index contributed by atoms with van der Waals surface area (Å²) >= 11 is -2.88. The Morgan fingerprint density at radius 1 is 0.731 bits per heavy atom. The van der Waals surface area contributed by atoms with Gasteiger partial charge in [0, 0.05) is 0 Å². The first-order chi connectivity index (χ1) is 23.7. The molecule has 4 aromatic rings. The van der Waals surface area contributed by atoms with Crippen molar-refractivity contribution in [2.24, 2.45) is 11.3 Å². The van der Waals surface area contributed by atoms with E-state index in [1.165, 1.54) is 66.8 Å². The summed E-state index contributed by atoms with van der Waals surface area (Å²) in [7, 11) is 0. The van der Waals surface area contributed by atoms with Crippen molar-refractivity contribution < 1.29 is 46.1 Å². The van der Waals surface area contributed by atoms with E-state index in [2.05, 4.69) is 172 Å². The number of hydrogen-bond acceptors (Lipinski definition) is 0. The van der Waals surface area contributed by atoms with E-state index in [1.54, 1.807) is 15.3 Å². The molecule has 52 heavy (non-hydrogen) atoms. The molecule has 0 saturated carbocycles. The molecule has 8 rings (SSSR count). The Bertz CT molecular complexity index is 2210. The van der Waals surface area contributed by atoms with Crippen LogP contribution < -0.4 is 24.8 Å². The Balaban J connectivity index is 0.00000232. The molecule has 0 amide bonds. The van der Waals surface area contributed by atoms with Crippen LogP contribution in [0, 0.1) is 11.3 Å². The summed E-state index contributed by atoms with van der Waals surface area (Å²) in [5.41, 5.74) is 19.3. The molecule has 4 aliphatic carbocycles. The Kier molecular flexibility index (Phi) is 10.3. The number of fused-ring (bicyclic) bond motifs is 5. The summed E-state index contributed by atoms with van der Waals surface area (Å²) < 4.78 is 5.12. The van der Waals surface area contributed by atoms with Gasteiger partial charge in [0.1, 0.15) is 0 Å². The molecule has 0 fully saturated rings. The van der Waals surface area contributed by atoms with E-state index in [0.717, 1.165) is 12.8 Å². The van der Waals surface area contributed by atoms with Crippen LogP contribution in [0.15, 0.2) is 115 Å². The van der Waals surface area contributed by atoms with Crippen LogP contribution in [0.1, 0.15) is 120 Å². The first-order valence-corrected chi connectivity index (χ1v) is 22.5. The van der Waals surface area contributed by atoms with Gasteiger partial charge in [-0.2, -0.15) is 0 Å². The molecule has 0 nitrogen and oxygen atoms in total. The quantitative estimate of drug-likeness (QED) is 0.184. The Morgan fingerprint density at radius 3 is 1.81 bits per heavy atom. The van der Waals surface area contributed by atoms with E-state index in [0.29, 0.717) is 5.92 Å². The normalized spacial score (nSPS) is 18.5. The summed E-state index contributed by atoms with van der Waals surface area (Å²) in [6, 6.07) is 33.1. The van der Waals surface area contributed by atoms with E-state index >= 15 is 0 Å². The number of allylic oxidation sites excluding steroid dienone is 8. The minimum absolute atomic E-state index is 0. The zero-order valence-corrected chi connectivity index (χ0v) is 36.5. The Morgan fingerprint density at radius 2 is 1.27 bits per heavy atom. The van der Waals surface area contributed by atoms with Gasteiger partial charge in [0.15, 0.2) is 0 Å². The minimum Gasteiger partial charge on any atom is -1.00 e. The van der Waals surface area contributed by atoms with Crippen molar-refractivity contribution in [1.82, 2.24) is 0 Å². The minimum atomic E-state index is -2.88. The molecule has 4 aliphatic rings. The molecule has 0 aliphatic heterocycles. The number of benzene rings is 4. The molecular formula is C49H52Cl2Zr. The van der Waals surface area contributed by atoms with Gasteiger partial charge in [-0.25, -0.2) is 0 Å². The fourth-order valence-electron chi connectivity index (χ4n) is 9.68. The van der Waals surface area contributed by atoms with Gasteiger partial charge >= 0.3 is 311 Å².